The van der Waals surface area contributed by atoms with Gasteiger partial charge in [0.1, 0.15) is 5.82 Å². The molecular formula is C19H25FN2O3. The standard InChI is InChI=1S/C19H25FN2O3/c20-17-6-2-1-5-16(17)19(24)22-11-9-14(10-12-22)21-18(23)8-7-15-4-3-13-25-15/h1-2,5-6,14-15H,3-4,7-13H2,(H,21,23). The normalized spacial score (nSPS) is 21.3. The molecule has 0 aromatic heterocycles. The predicted molar refractivity (Wildman–Crippen MR) is 91.7 cm³/mol. The van der Waals surface area contributed by atoms with E-state index >= 15 is 0 Å². The molecule has 1 unspecified atom stereocenters. The van der Waals surface area contributed by atoms with E-state index in [-0.39, 0.29) is 29.5 Å². The third kappa shape index (κ3) is 4.78. The number of nitrogens with one attached hydrogen (secondary N) is 1. The molecule has 0 bridgehead atoms. The van der Waals surface area contributed by atoms with Crippen molar-refractivity contribution in [1.82, 2.24) is 10.2 Å². The Balaban J connectivity index is 1.41. The number of amides is 2. The van der Waals surface area contributed by atoms with Crippen LogP contribution in [-0.2, 0) is 9.53 Å². The zero-order valence-electron chi connectivity index (χ0n) is 14.4. The van der Waals surface area contributed by atoms with Gasteiger partial charge in [0.15, 0.2) is 0 Å². The van der Waals surface area contributed by atoms with Crippen molar-refractivity contribution in [2.24, 2.45) is 0 Å². The lowest BCUT2D eigenvalue weighted by Crippen LogP contribution is -2.46. The van der Waals surface area contributed by atoms with Gasteiger partial charge < -0.3 is 15.0 Å². The van der Waals surface area contributed by atoms with Crippen LogP contribution in [0.25, 0.3) is 0 Å². The van der Waals surface area contributed by atoms with E-state index in [1.807, 2.05) is 0 Å². The van der Waals surface area contributed by atoms with Crippen LogP contribution in [0.3, 0.4) is 0 Å². The molecule has 136 valence electrons. The summed E-state index contributed by atoms with van der Waals surface area (Å²) in [5.41, 5.74) is 0.113. The van der Waals surface area contributed by atoms with Gasteiger partial charge in [-0.05, 0) is 44.2 Å². The molecule has 2 heterocycles. The van der Waals surface area contributed by atoms with Crippen LogP contribution in [0.5, 0.6) is 0 Å². The van der Waals surface area contributed by atoms with E-state index in [2.05, 4.69) is 5.32 Å². The van der Waals surface area contributed by atoms with E-state index in [1.165, 1.54) is 12.1 Å². The summed E-state index contributed by atoms with van der Waals surface area (Å²) in [4.78, 5) is 26.1. The van der Waals surface area contributed by atoms with Crippen LogP contribution in [0.15, 0.2) is 24.3 Å². The Morgan fingerprint density at radius 2 is 1.96 bits per heavy atom. The van der Waals surface area contributed by atoms with Gasteiger partial charge in [0.05, 0.1) is 11.7 Å². The Kier molecular flexibility index (Phi) is 6.02. The first-order chi connectivity index (χ1) is 12.1. The minimum absolute atomic E-state index is 0.0504. The van der Waals surface area contributed by atoms with Gasteiger partial charge in [-0.15, -0.1) is 0 Å². The molecule has 1 N–H and O–H groups in total. The van der Waals surface area contributed by atoms with E-state index in [0.29, 0.717) is 32.4 Å². The summed E-state index contributed by atoms with van der Waals surface area (Å²) in [6.07, 6.45) is 5.02. The van der Waals surface area contributed by atoms with Crippen LogP contribution >= 0.6 is 0 Å². The minimum Gasteiger partial charge on any atom is -0.378 e. The number of ether oxygens (including phenoxy) is 1. The van der Waals surface area contributed by atoms with Gasteiger partial charge in [-0.2, -0.15) is 0 Å². The number of hydrogen-bond donors (Lipinski definition) is 1. The van der Waals surface area contributed by atoms with Gasteiger partial charge in [-0.1, -0.05) is 12.1 Å². The highest BCUT2D eigenvalue weighted by Gasteiger charge is 2.26. The second-order valence-corrected chi connectivity index (χ2v) is 6.79. The van der Waals surface area contributed by atoms with Gasteiger partial charge >= 0.3 is 0 Å². The van der Waals surface area contributed by atoms with Crippen LogP contribution in [0, 0.1) is 5.82 Å². The second kappa shape index (κ2) is 8.43. The Morgan fingerprint density at radius 3 is 2.64 bits per heavy atom. The van der Waals surface area contributed by atoms with Crippen LogP contribution < -0.4 is 5.32 Å². The highest BCUT2D eigenvalue weighted by atomic mass is 19.1. The summed E-state index contributed by atoms with van der Waals surface area (Å²) in [7, 11) is 0. The average molecular weight is 348 g/mol. The summed E-state index contributed by atoms with van der Waals surface area (Å²) in [5, 5.41) is 3.05. The van der Waals surface area contributed by atoms with Crippen molar-refractivity contribution in [1.29, 1.82) is 0 Å². The molecule has 3 rings (SSSR count). The third-order valence-corrected chi connectivity index (χ3v) is 4.97. The number of carbonyl (C=O) groups is 2. The monoisotopic (exact) mass is 348 g/mol. The molecule has 2 saturated heterocycles. The first-order valence-electron chi connectivity index (χ1n) is 9.08. The number of piperidine rings is 1. The molecule has 5 nitrogen and oxygen atoms in total. The van der Waals surface area contributed by atoms with Gasteiger partial charge in [0.25, 0.3) is 5.91 Å². The molecule has 6 heteroatoms. The van der Waals surface area contributed by atoms with E-state index in [0.717, 1.165) is 25.9 Å². The summed E-state index contributed by atoms with van der Waals surface area (Å²) in [6.45, 7) is 1.87. The van der Waals surface area contributed by atoms with Crippen molar-refractivity contribution in [2.45, 2.75) is 50.7 Å². The van der Waals surface area contributed by atoms with Gasteiger partial charge in [0.2, 0.25) is 5.91 Å². The maximum Gasteiger partial charge on any atom is 0.256 e. The van der Waals surface area contributed by atoms with E-state index < -0.39 is 5.82 Å². The van der Waals surface area contributed by atoms with E-state index in [4.69, 9.17) is 4.74 Å². The zero-order chi connectivity index (χ0) is 17.6. The molecule has 0 aliphatic carbocycles. The van der Waals surface area contributed by atoms with Crippen molar-refractivity contribution < 1.29 is 18.7 Å². The number of carbonyl (C=O) groups excluding carboxylic acids is 2. The smallest absolute Gasteiger partial charge is 0.256 e. The molecule has 1 aromatic rings. The zero-order valence-corrected chi connectivity index (χ0v) is 14.4. The molecule has 2 fully saturated rings. The van der Waals surface area contributed by atoms with Crippen molar-refractivity contribution in [2.75, 3.05) is 19.7 Å². The molecule has 2 aliphatic rings. The number of benzene rings is 1. The summed E-state index contributed by atoms with van der Waals surface area (Å²) >= 11 is 0. The lowest BCUT2D eigenvalue weighted by molar-refractivity contribution is -0.122. The Labute approximate surface area is 147 Å². The fraction of sp³-hybridized carbons (Fsp3) is 0.579. The van der Waals surface area contributed by atoms with Crippen molar-refractivity contribution >= 4 is 11.8 Å². The average Bonchev–Trinajstić information content (AvgIpc) is 3.14. The topological polar surface area (TPSA) is 58.6 Å². The Hall–Kier alpha value is -1.95. The van der Waals surface area contributed by atoms with Gasteiger partial charge in [0, 0.05) is 32.2 Å². The fourth-order valence-electron chi connectivity index (χ4n) is 3.50. The molecule has 1 atom stereocenters. The van der Waals surface area contributed by atoms with Crippen LogP contribution in [-0.4, -0.2) is 48.6 Å². The fourth-order valence-corrected chi connectivity index (χ4v) is 3.50. The van der Waals surface area contributed by atoms with E-state index in [1.54, 1.807) is 17.0 Å². The van der Waals surface area contributed by atoms with Crippen molar-refractivity contribution in [3.63, 3.8) is 0 Å². The first kappa shape index (κ1) is 17.9. The predicted octanol–water partition coefficient (Wildman–Crippen LogP) is 2.51. The number of nitrogens with zero attached hydrogens (tertiary/aromatic N) is 1. The van der Waals surface area contributed by atoms with Crippen LogP contribution in [0.2, 0.25) is 0 Å². The lowest BCUT2D eigenvalue weighted by atomic mass is 10.0. The summed E-state index contributed by atoms with van der Waals surface area (Å²) in [6, 6.07) is 6.13. The largest absolute Gasteiger partial charge is 0.378 e. The van der Waals surface area contributed by atoms with Gasteiger partial charge in [-0.3, -0.25) is 9.59 Å². The number of likely N-dealkylation sites (tertiary alicyclic amines) is 1. The first-order valence-corrected chi connectivity index (χ1v) is 9.08. The minimum atomic E-state index is -0.489. The van der Waals surface area contributed by atoms with Crippen LogP contribution in [0.4, 0.5) is 4.39 Å². The molecule has 0 saturated carbocycles. The molecule has 0 radical (unpaired) electrons. The number of halogens is 1. The third-order valence-electron chi connectivity index (χ3n) is 4.97. The SMILES string of the molecule is O=C(CCC1CCCO1)NC1CCN(C(=O)c2ccccc2F)CC1. The van der Waals surface area contributed by atoms with E-state index in [9.17, 15) is 14.0 Å². The lowest BCUT2D eigenvalue weighted by Gasteiger charge is -2.32. The highest BCUT2D eigenvalue weighted by Crippen LogP contribution is 2.18. The molecule has 0 spiro atoms. The molecule has 2 aliphatic heterocycles. The second-order valence-electron chi connectivity index (χ2n) is 6.79. The summed E-state index contributed by atoms with van der Waals surface area (Å²) < 4.78 is 19.3. The number of rotatable bonds is 5. The van der Waals surface area contributed by atoms with Crippen molar-refractivity contribution in [3.8, 4) is 0 Å². The van der Waals surface area contributed by atoms with Gasteiger partial charge in [-0.25, -0.2) is 4.39 Å². The summed E-state index contributed by atoms with van der Waals surface area (Å²) in [5.74, 6) is -0.715. The van der Waals surface area contributed by atoms with Crippen molar-refractivity contribution in [3.05, 3.63) is 35.6 Å². The highest BCUT2D eigenvalue weighted by molar-refractivity contribution is 5.94. The molecule has 2 amide bonds. The molecule has 1 aromatic carbocycles. The maximum absolute atomic E-state index is 13.7. The Bertz CT molecular complexity index is 608. The maximum atomic E-state index is 13.7. The molecular weight excluding hydrogens is 323 g/mol. The number of hydrogen-bond acceptors (Lipinski definition) is 3. The molecule has 25 heavy (non-hydrogen) atoms. The van der Waals surface area contributed by atoms with Crippen LogP contribution in [0.1, 0.15) is 48.9 Å². The Morgan fingerprint density at radius 1 is 1.20 bits per heavy atom. The quantitative estimate of drug-likeness (QED) is 0.889.